The lowest BCUT2D eigenvalue weighted by Crippen LogP contribution is -2.16. The first kappa shape index (κ1) is 12.5. The smallest absolute Gasteiger partial charge is 0.248 e. The topological polar surface area (TPSA) is 73.0 Å². The summed E-state index contributed by atoms with van der Waals surface area (Å²) in [6, 6.07) is 0. The molecule has 0 saturated heterocycles. The molecule has 0 amide bonds. The maximum absolute atomic E-state index is 12.6. The normalized spacial score (nSPS) is 12.1. The number of halogens is 3. The van der Waals surface area contributed by atoms with Gasteiger partial charge in [-0.15, -0.1) is 0 Å². The fourth-order valence-corrected chi connectivity index (χ4v) is 2.14. The number of hydrogen-bond acceptors (Lipinski definition) is 3. The van der Waals surface area contributed by atoms with Gasteiger partial charge >= 0.3 is 0 Å². The lowest BCUT2D eigenvalue weighted by Gasteiger charge is -2.10. The van der Waals surface area contributed by atoms with Crippen molar-refractivity contribution in [2.24, 2.45) is 5.14 Å². The largest absolute Gasteiger partial charge is 0.265 e. The lowest BCUT2D eigenvalue weighted by atomic mass is 10.2. The minimum Gasteiger partial charge on any atom is -0.248 e. The summed E-state index contributed by atoms with van der Waals surface area (Å²) in [5.41, 5.74) is -0.545. The highest BCUT2D eigenvalue weighted by Crippen LogP contribution is 2.31. The molecule has 0 bridgehead atoms. The molecule has 84 valence electrons. The Morgan fingerprint density at radius 3 is 2.47 bits per heavy atom. The van der Waals surface area contributed by atoms with Gasteiger partial charge in [0.1, 0.15) is 9.50 Å². The molecule has 0 unspecified atom stereocenters. The Bertz CT molecular complexity index is 490. The molecule has 2 N–H and O–H groups in total. The molecule has 1 aromatic heterocycles. The Morgan fingerprint density at radius 2 is 2.07 bits per heavy atom. The van der Waals surface area contributed by atoms with Crippen LogP contribution in [0, 0.1) is 6.92 Å². The van der Waals surface area contributed by atoms with Crippen molar-refractivity contribution in [3.63, 3.8) is 0 Å². The average molecular weight is 301 g/mol. The molecule has 0 fully saturated rings. The zero-order chi connectivity index (χ0) is 11.8. The summed E-state index contributed by atoms with van der Waals surface area (Å²) in [5, 5.41) is 4.80. The van der Waals surface area contributed by atoms with Crippen LogP contribution in [0.3, 0.4) is 0 Å². The second kappa shape index (κ2) is 4.11. The van der Waals surface area contributed by atoms with Gasteiger partial charge in [0.2, 0.25) is 10.0 Å². The SMILES string of the molecule is Cc1c(Br)ncc(S(N)(=O)=O)c1C(F)F. The van der Waals surface area contributed by atoms with Crippen LogP contribution >= 0.6 is 15.9 Å². The van der Waals surface area contributed by atoms with Crippen LogP contribution in [0.1, 0.15) is 17.6 Å². The molecule has 4 nitrogen and oxygen atoms in total. The fraction of sp³-hybridized carbons (Fsp3) is 0.286. The summed E-state index contributed by atoms with van der Waals surface area (Å²) < 4.78 is 47.5. The molecule has 8 heteroatoms. The predicted octanol–water partition coefficient (Wildman–Crippen LogP) is 1.74. The van der Waals surface area contributed by atoms with Crippen molar-refractivity contribution >= 4 is 26.0 Å². The highest BCUT2D eigenvalue weighted by molar-refractivity contribution is 9.10. The van der Waals surface area contributed by atoms with Crippen LogP contribution in [0.2, 0.25) is 0 Å². The van der Waals surface area contributed by atoms with Crippen molar-refractivity contribution in [2.45, 2.75) is 18.2 Å². The van der Waals surface area contributed by atoms with E-state index in [2.05, 4.69) is 20.9 Å². The Hall–Kier alpha value is -0.600. The van der Waals surface area contributed by atoms with Crippen molar-refractivity contribution in [3.8, 4) is 0 Å². The quantitative estimate of drug-likeness (QED) is 0.846. The van der Waals surface area contributed by atoms with Gasteiger partial charge in [-0.25, -0.2) is 27.3 Å². The summed E-state index contributed by atoms with van der Waals surface area (Å²) in [7, 11) is -4.18. The van der Waals surface area contributed by atoms with E-state index in [1.807, 2.05) is 0 Å². The molecule has 1 heterocycles. The van der Waals surface area contributed by atoms with E-state index in [0.717, 1.165) is 6.20 Å². The number of sulfonamides is 1. The number of hydrogen-bond donors (Lipinski definition) is 1. The number of rotatable bonds is 2. The van der Waals surface area contributed by atoms with Gasteiger partial charge in [0, 0.05) is 11.8 Å². The number of primary sulfonamides is 1. The van der Waals surface area contributed by atoms with E-state index >= 15 is 0 Å². The van der Waals surface area contributed by atoms with Gasteiger partial charge in [0.25, 0.3) is 6.43 Å². The molecule has 1 rings (SSSR count). The fourth-order valence-electron chi connectivity index (χ4n) is 1.08. The Balaban J connectivity index is 3.62. The Kier molecular flexibility index (Phi) is 3.41. The molecular weight excluding hydrogens is 294 g/mol. The lowest BCUT2D eigenvalue weighted by molar-refractivity contribution is 0.147. The van der Waals surface area contributed by atoms with Crippen LogP contribution in [-0.4, -0.2) is 13.4 Å². The number of alkyl halides is 2. The van der Waals surface area contributed by atoms with Gasteiger partial charge in [-0.1, -0.05) is 0 Å². The van der Waals surface area contributed by atoms with Gasteiger partial charge in [0.05, 0.1) is 0 Å². The summed E-state index contributed by atoms with van der Waals surface area (Å²) in [6.45, 7) is 1.34. The molecule has 15 heavy (non-hydrogen) atoms. The molecule has 0 aliphatic rings. The van der Waals surface area contributed by atoms with Crippen LogP contribution in [-0.2, 0) is 10.0 Å². The van der Waals surface area contributed by atoms with Crippen molar-refractivity contribution < 1.29 is 17.2 Å². The van der Waals surface area contributed by atoms with Crippen LogP contribution < -0.4 is 5.14 Å². The predicted molar refractivity (Wildman–Crippen MR) is 53.0 cm³/mol. The first-order valence-electron chi connectivity index (χ1n) is 3.71. The summed E-state index contributed by atoms with van der Waals surface area (Å²) in [5.74, 6) is 0. The minimum atomic E-state index is -4.18. The standard InChI is InChI=1S/C7H7BrF2N2O2S/c1-3-5(7(9)10)4(15(11,13)14)2-12-6(3)8/h2,7H,1H3,(H2,11,13,14). The van der Waals surface area contributed by atoms with E-state index in [0.29, 0.717) is 0 Å². The van der Waals surface area contributed by atoms with Crippen molar-refractivity contribution in [2.75, 3.05) is 0 Å². The second-order valence-corrected chi connectivity index (χ2v) is 5.08. The number of nitrogens with zero attached hydrogens (tertiary/aromatic N) is 1. The van der Waals surface area contributed by atoms with Gasteiger partial charge < -0.3 is 0 Å². The third-order valence-electron chi connectivity index (χ3n) is 1.80. The highest BCUT2D eigenvalue weighted by Gasteiger charge is 2.24. The molecule has 0 aliphatic carbocycles. The third-order valence-corrected chi connectivity index (χ3v) is 3.54. The molecule has 0 aliphatic heterocycles. The summed E-state index contributed by atoms with van der Waals surface area (Å²) in [6.07, 6.45) is -2.11. The number of nitrogens with two attached hydrogens (primary N) is 1. The number of aromatic nitrogens is 1. The van der Waals surface area contributed by atoms with Crippen molar-refractivity contribution in [3.05, 3.63) is 21.9 Å². The average Bonchev–Trinajstić information content (AvgIpc) is 2.06. The van der Waals surface area contributed by atoms with Crippen LogP contribution in [0.5, 0.6) is 0 Å². The first-order chi connectivity index (χ1) is 6.75. The van der Waals surface area contributed by atoms with E-state index in [4.69, 9.17) is 5.14 Å². The Labute approximate surface area is 93.7 Å². The molecule has 1 aromatic rings. The Morgan fingerprint density at radius 1 is 1.53 bits per heavy atom. The zero-order valence-corrected chi connectivity index (χ0v) is 9.94. The van der Waals surface area contributed by atoms with Gasteiger partial charge in [-0.2, -0.15) is 0 Å². The molecule has 0 spiro atoms. The van der Waals surface area contributed by atoms with Gasteiger partial charge in [-0.3, -0.25) is 0 Å². The summed E-state index contributed by atoms with van der Waals surface area (Å²) in [4.78, 5) is 2.97. The van der Waals surface area contributed by atoms with E-state index in [-0.39, 0.29) is 10.2 Å². The van der Waals surface area contributed by atoms with E-state index in [1.54, 1.807) is 0 Å². The number of pyridine rings is 1. The van der Waals surface area contributed by atoms with Gasteiger partial charge in [-0.05, 0) is 28.4 Å². The maximum atomic E-state index is 12.6. The second-order valence-electron chi connectivity index (χ2n) is 2.80. The molecule has 0 aromatic carbocycles. The first-order valence-corrected chi connectivity index (χ1v) is 6.05. The maximum Gasteiger partial charge on any atom is 0.265 e. The molecule has 0 atom stereocenters. The minimum absolute atomic E-state index is 0.0662. The van der Waals surface area contributed by atoms with Crippen molar-refractivity contribution in [1.82, 2.24) is 4.98 Å². The molecule has 0 radical (unpaired) electrons. The monoisotopic (exact) mass is 300 g/mol. The van der Waals surface area contributed by atoms with Gasteiger partial charge in [0.15, 0.2) is 0 Å². The van der Waals surface area contributed by atoms with Crippen LogP contribution in [0.15, 0.2) is 15.7 Å². The van der Waals surface area contributed by atoms with Crippen LogP contribution in [0.25, 0.3) is 0 Å². The third kappa shape index (κ3) is 2.50. The van der Waals surface area contributed by atoms with E-state index in [9.17, 15) is 17.2 Å². The van der Waals surface area contributed by atoms with E-state index in [1.165, 1.54) is 6.92 Å². The molecule has 0 saturated carbocycles. The summed E-state index contributed by atoms with van der Waals surface area (Å²) >= 11 is 2.94. The molecular formula is C7H7BrF2N2O2S. The van der Waals surface area contributed by atoms with Crippen molar-refractivity contribution in [1.29, 1.82) is 0 Å². The highest BCUT2D eigenvalue weighted by atomic mass is 79.9. The van der Waals surface area contributed by atoms with Crippen LogP contribution in [0.4, 0.5) is 8.78 Å². The van der Waals surface area contributed by atoms with E-state index < -0.39 is 26.9 Å². The zero-order valence-electron chi connectivity index (χ0n) is 7.54.